The minimum atomic E-state index is -0.360. The van der Waals surface area contributed by atoms with E-state index >= 15 is 0 Å². The zero-order valence-corrected chi connectivity index (χ0v) is 13.5. The lowest BCUT2D eigenvalue weighted by atomic mass is 9.92. The minimum Gasteiger partial charge on any atom is -0.465 e. The number of methoxy groups -OCH3 is 2. The first kappa shape index (κ1) is 16.1. The largest absolute Gasteiger partial charge is 0.465 e. The number of hydrogen-bond donors (Lipinski definition) is 1. The second kappa shape index (κ2) is 7.14. The van der Waals surface area contributed by atoms with Crippen LogP contribution >= 0.6 is 11.6 Å². The molecule has 1 saturated carbocycles. The number of benzene rings is 1. The molecule has 4 nitrogen and oxygen atoms in total. The maximum absolute atomic E-state index is 11.8. The molecule has 0 amide bonds. The van der Waals surface area contributed by atoms with E-state index in [0.717, 1.165) is 36.9 Å². The highest BCUT2D eigenvalue weighted by Gasteiger charge is 2.22. The average molecular weight is 312 g/mol. The quantitative estimate of drug-likeness (QED) is 0.859. The molecule has 0 saturated heterocycles. The molecule has 1 aromatic carbocycles. The Morgan fingerprint density at radius 2 is 1.90 bits per heavy atom. The van der Waals surface area contributed by atoms with E-state index in [9.17, 15) is 4.79 Å². The van der Waals surface area contributed by atoms with Crippen LogP contribution in [-0.4, -0.2) is 32.3 Å². The van der Waals surface area contributed by atoms with Gasteiger partial charge in [0.05, 0.1) is 18.8 Å². The Balaban J connectivity index is 2.13. The monoisotopic (exact) mass is 311 g/mol. The third kappa shape index (κ3) is 3.89. The molecule has 1 N–H and O–H groups in total. The number of halogens is 1. The van der Waals surface area contributed by atoms with Gasteiger partial charge in [0.25, 0.3) is 0 Å². The van der Waals surface area contributed by atoms with Crippen molar-refractivity contribution in [2.75, 3.05) is 19.5 Å². The van der Waals surface area contributed by atoms with Crippen LogP contribution in [0.5, 0.6) is 0 Å². The average Bonchev–Trinajstić information content (AvgIpc) is 2.50. The summed E-state index contributed by atoms with van der Waals surface area (Å²) in [7, 11) is 3.14. The summed E-state index contributed by atoms with van der Waals surface area (Å²) in [6.07, 6.45) is 4.58. The fraction of sp³-hybridized carbons (Fsp3) is 0.562. The number of rotatable bonds is 4. The van der Waals surface area contributed by atoms with Gasteiger partial charge in [-0.15, -0.1) is 0 Å². The van der Waals surface area contributed by atoms with E-state index in [4.69, 9.17) is 21.1 Å². The van der Waals surface area contributed by atoms with Gasteiger partial charge in [0.2, 0.25) is 0 Å². The molecule has 116 valence electrons. The Labute approximate surface area is 130 Å². The van der Waals surface area contributed by atoms with E-state index < -0.39 is 0 Å². The Morgan fingerprint density at radius 3 is 2.48 bits per heavy atom. The lowest BCUT2D eigenvalue weighted by Crippen LogP contribution is -2.29. The number of ether oxygens (including phenoxy) is 2. The van der Waals surface area contributed by atoms with Crippen LogP contribution in [0.25, 0.3) is 0 Å². The molecule has 0 heterocycles. The summed E-state index contributed by atoms with van der Waals surface area (Å²) in [6, 6.07) is 3.90. The van der Waals surface area contributed by atoms with Crippen molar-refractivity contribution in [2.45, 2.75) is 44.8 Å². The minimum absolute atomic E-state index is 0.360. The highest BCUT2D eigenvalue weighted by atomic mass is 35.5. The van der Waals surface area contributed by atoms with Crippen LogP contribution in [0.2, 0.25) is 5.02 Å². The van der Waals surface area contributed by atoms with Gasteiger partial charge in [0.15, 0.2) is 0 Å². The van der Waals surface area contributed by atoms with E-state index in [2.05, 4.69) is 5.32 Å². The van der Waals surface area contributed by atoms with E-state index in [1.807, 2.05) is 13.0 Å². The van der Waals surface area contributed by atoms with Crippen molar-refractivity contribution >= 4 is 23.3 Å². The number of esters is 1. The number of carbonyl (C=O) groups is 1. The summed E-state index contributed by atoms with van der Waals surface area (Å²) in [5.41, 5.74) is 2.29. The van der Waals surface area contributed by atoms with Gasteiger partial charge in [-0.2, -0.15) is 0 Å². The molecule has 1 aromatic rings. The normalized spacial score (nSPS) is 21.9. The van der Waals surface area contributed by atoms with Gasteiger partial charge < -0.3 is 14.8 Å². The summed E-state index contributed by atoms with van der Waals surface area (Å²) in [5.74, 6) is -0.360. The molecular weight excluding hydrogens is 290 g/mol. The zero-order chi connectivity index (χ0) is 15.4. The molecular formula is C16H22ClNO3. The molecule has 1 aliphatic rings. The molecule has 0 aromatic heterocycles. The Morgan fingerprint density at radius 1 is 1.24 bits per heavy atom. The second-order valence-corrected chi connectivity index (χ2v) is 5.91. The lowest BCUT2D eigenvalue weighted by Gasteiger charge is -2.29. The SMILES string of the molecule is COC(=O)c1cc(Cl)cc(N[C@H]2CC[C@@H](OC)CC2)c1C. The van der Waals surface area contributed by atoms with Gasteiger partial charge in [-0.25, -0.2) is 4.79 Å². The van der Waals surface area contributed by atoms with E-state index in [1.165, 1.54) is 7.11 Å². The number of carbonyl (C=O) groups excluding carboxylic acids is 1. The second-order valence-electron chi connectivity index (χ2n) is 5.47. The maximum Gasteiger partial charge on any atom is 0.338 e. The molecule has 21 heavy (non-hydrogen) atoms. The first-order valence-electron chi connectivity index (χ1n) is 7.23. The van der Waals surface area contributed by atoms with E-state index in [-0.39, 0.29) is 5.97 Å². The predicted molar refractivity (Wildman–Crippen MR) is 84.2 cm³/mol. The molecule has 0 bridgehead atoms. The van der Waals surface area contributed by atoms with Crippen molar-refractivity contribution < 1.29 is 14.3 Å². The van der Waals surface area contributed by atoms with Crippen LogP contribution in [0.3, 0.4) is 0 Å². The Bertz CT molecular complexity index is 510. The summed E-state index contributed by atoms with van der Waals surface area (Å²) < 4.78 is 10.2. The molecule has 0 unspecified atom stereocenters. The van der Waals surface area contributed by atoms with Crippen molar-refractivity contribution in [3.63, 3.8) is 0 Å². The number of nitrogens with one attached hydrogen (secondary N) is 1. The first-order valence-corrected chi connectivity index (χ1v) is 7.60. The van der Waals surface area contributed by atoms with Gasteiger partial charge in [0, 0.05) is 23.9 Å². The molecule has 1 fully saturated rings. The number of hydrogen-bond acceptors (Lipinski definition) is 4. The standard InChI is InChI=1S/C16H22ClNO3/c1-10-14(16(19)21-3)8-11(17)9-15(10)18-12-4-6-13(20-2)7-5-12/h8-9,12-13,18H,4-7H2,1-3H3/t12-,13+. The van der Waals surface area contributed by atoms with Crippen LogP contribution in [0.1, 0.15) is 41.6 Å². The maximum atomic E-state index is 11.8. The predicted octanol–water partition coefficient (Wildman–Crippen LogP) is 3.80. The van der Waals surface area contributed by atoms with Gasteiger partial charge in [-0.3, -0.25) is 0 Å². The molecule has 0 atom stereocenters. The molecule has 1 aliphatic carbocycles. The van der Waals surface area contributed by atoms with Crippen molar-refractivity contribution in [3.05, 3.63) is 28.3 Å². The summed E-state index contributed by atoms with van der Waals surface area (Å²) >= 11 is 6.12. The smallest absolute Gasteiger partial charge is 0.338 e. The molecule has 0 spiro atoms. The molecule has 2 rings (SSSR count). The Hall–Kier alpha value is -1.26. The molecule has 0 radical (unpaired) electrons. The van der Waals surface area contributed by atoms with Gasteiger partial charge in [0.1, 0.15) is 0 Å². The zero-order valence-electron chi connectivity index (χ0n) is 12.7. The van der Waals surface area contributed by atoms with Crippen LogP contribution in [-0.2, 0) is 9.47 Å². The van der Waals surface area contributed by atoms with Crippen LogP contribution < -0.4 is 5.32 Å². The van der Waals surface area contributed by atoms with E-state index in [1.54, 1.807) is 13.2 Å². The van der Waals surface area contributed by atoms with Gasteiger partial charge in [-0.1, -0.05) is 11.6 Å². The first-order chi connectivity index (χ1) is 10.0. The fourth-order valence-corrected chi connectivity index (χ4v) is 3.03. The van der Waals surface area contributed by atoms with Crippen LogP contribution in [0.15, 0.2) is 12.1 Å². The van der Waals surface area contributed by atoms with E-state index in [0.29, 0.717) is 22.7 Å². The van der Waals surface area contributed by atoms with Crippen molar-refractivity contribution in [2.24, 2.45) is 0 Å². The highest BCUT2D eigenvalue weighted by Crippen LogP contribution is 2.29. The highest BCUT2D eigenvalue weighted by molar-refractivity contribution is 6.31. The summed E-state index contributed by atoms with van der Waals surface area (Å²) in [5, 5.41) is 4.04. The third-order valence-electron chi connectivity index (χ3n) is 4.14. The van der Waals surface area contributed by atoms with Crippen LogP contribution in [0.4, 0.5) is 5.69 Å². The van der Waals surface area contributed by atoms with Crippen molar-refractivity contribution in [1.82, 2.24) is 0 Å². The lowest BCUT2D eigenvalue weighted by molar-refractivity contribution is 0.0600. The van der Waals surface area contributed by atoms with Crippen molar-refractivity contribution in [1.29, 1.82) is 0 Å². The fourth-order valence-electron chi connectivity index (χ4n) is 2.81. The van der Waals surface area contributed by atoms with Gasteiger partial charge in [-0.05, 0) is 50.3 Å². The molecule has 5 heteroatoms. The Kier molecular flexibility index (Phi) is 5.48. The summed E-state index contributed by atoms with van der Waals surface area (Å²) in [6.45, 7) is 1.91. The summed E-state index contributed by atoms with van der Waals surface area (Å²) in [4.78, 5) is 11.8. The topological polar surface area (TPSA) is 47.6 Å². The molecule has 0 aliphatic heterocycles. The third-order valence-corrected chi connectivity index (χ3v) is 4.36. The van der Waals surface area contributed by atoms with Gasteiger partial charge >= 0.3 is 5.97 Å². The number of anilines is 1. The van der Waals surface area contributed by atoms with Crippen LogP contribution in [0, 0.1) is 6.92 Å². The van der Waals surface area contributed by atoms with Crippen molar-refractivity contribution in [3.8, 4) is 0 Å².